The van der Waals surface area contributed by atoms with Gasteiger partial charge in [0.05, 0.1) is 0 Å². The van der Waals surface area contributed by atoms with E-state index in [1.54, 1.807) is 6.07 Å². The predicted molar refractivity (Wildman–Crippen MR) is 85.6 cm³/mol. The van der Waals surface area contributed by atoms with Gasteiger partial charge in [-0.25, -0.2) is 4.79 Å². The number of hydrogen-bond acceptors (Lipinski definition) is 3. The lowest BCUT2D eigenvalue weighted by atomic mass is 9.98. The van der Waals surface area contributed by atoms with Crippen molar-refractivity contribution >= 4 is 17.3 Å². The lowest BCUT2D eigenvalue weighted by Crippen LogP contribution is -1.98. The molecule has 0 aliphatic rings. The van der Waals surface area contributed by atoms with E-state index in [9.17, 15) is 4.79 Å². The summed E-state index contributed by atoms with van der Waals surface area (Å²) < 4.78 is 5.80. The number of carbonyl (C=O) groups is 1. The molecular formula is C17H20O3S. The first kappa shape index (κ1) is 15.6. The van der Waals surface area contributed by atoms with E-state index in [1.807, 2.05) is 19.1 Å². The van der Waals surface area contributed by atoms with Crippen molar-refractivity contribution in [2.24, 2.45) is 0 Å². The van der Waals surface area contributed by atoms with Crippen LogP contribution in [0.15, 0.2) is 24.3 Å². The average Bonchev–Trinajstić information content (AvgIpc) is 2.77. The van der Waals surface area contributed by atoms with Gasteiger partial charge in [0.1, 0.15) is 17.2 Å². The van der Waals surface area contributed by atoms with Crippen molar-refractivity contribution in [3.63, 3.8) is 0 Å². The van der Waals surface area contributed by atoms with Crippen LogP contribution in [0.25, 0.3) is 0 Å². The Morgan fingerprint density at radius 2 is 2.00 bits per heavy atom. The number of ether oxygens (including phenoxy) is 1. The highest BCUT2D eigenvalue weighted by atomic mass is 32.1. The molecule has 0 fully saturated rings. The first-order valence-corrected chi connectivity index (χ1v) is 7.76. The fourth-order valence-corrected chi connectivity index (χ4v) is 3.18. The summed E-state index contributed by atoms with van der Waals surface area (Å²) in [6, 6.07) is 7.80. The molecule has 112 valence electrons. The highest BCUT2D eigenvalue weighted by Crippen LogP contribution is 2.26. The Kier molecular flexibility index (Phi) is 4.68. The smallest absolute Gasteiger partial charge is 0.345 e. The van der Waals surface area contributed by atoms with Crippen molar-refractivity contribution in [2.75, 3.05) is 0 Å². The van der Waals surface area contributed by atoms with Crippen molar-refractivity contribution in [1.82, 2.24) is 0 Å². The molecule has 0 aliphatic carbocycles. The summed E-state index contributed by atoms with van der Waals surface area (Å²) in [4.78, 5) is 12.3. The molecule has 0 aliphatic heterocycles. The minimum absolute atomic E-state index is 0.359. The molecule has 0 saturated heterocycles. The van der Waals surface area contributed by atoms with Crippen LogP contribution in [0, 0.1) is 13.8 Å². The molecule has 2 aromatic rings. The number of benzene rings is 1. The number of hydrogen-bond donors (Lipinski definition) is 1. The van der Waals surface area contributed by atoms with E-state index < -0.39 is 5.97 Å². The van der Waals surface area contributed by atoms with Gasteiger partial charge >= 0.3 is 5.97 Å². The summed E-state index contributed by atoms with van der Waals surface area (Å²) >= 11 is 1.29. The van der Waals surface area contributed by atoms with E-state index in [-0.39, 0.29) is 0 Å². The molecule has 0 amide bonds. The second kappa shape index (κ2) is 6.31. The Bertz CT molecular complexity index is 656. The molecule has 0 atom stereocenters. The maximum Gasteiger partial charge on any atom is 0.345 e. The third-order valence-electron chi connectivity index (χ3n) is 3.49. The fraction of sp³-hybridized carbons (Fsp3) is 0.353. The van der Waals surface area contributed by atoms with E-state index >= 15 is 0 Å². The van der Waals surface area contributed by atoms with Crippen LogP contribution in [0.3, 0.4) is 0 Å². The Morgan fingerprint density at radius 3 is 2.52 bits per heavy atom. The van der Waals surface area contributed by atoms with E-state index in [4.69, 9.17) is 9.84 Å². The van der Waals surface area contributed by atoms with Gasteiger partial charge in [-0.05, 0) is 49.1 Å². The van der Waals surface area contributed by atoms with Gasteiger partial charge in [-0.3, -0.25) is 0 Å². The van der Waals surface area contributed by atoms with Gasteiger partial charge in [0.2, 0.25) is 0 Å². The lowest BCUT2D eigenvalue weighted by Gasteiger charge is -2.12. The molecule has 1 aromatic heterocycles. The van der Waals surface area contributed by atoms with Crippen LogP contribution in [0.2, 0.25) is 0 Å². The molecule has 2 rings (SSSR count). The normalized spacial score (nSPS) is 10.9. The summed E-state index contributed by atoms with van der Waals surface area (Å²) in [5.74, 6) is 0.433. The van der Waals surface area contributed by atoms with Gasteiger partial charge in [0.15, 0.2) is 0 Å². The third-order valence-corrected chi connectivity index (χ3v) is 4.57. The van der Waals surface area contributed by atoms with Crippen LogP contribution in [-0.4, -0.2) is 11.1 Å². The van der Waals surface area contributed by atoms with Gasteiger partial charge in [-0.15, -0.1) is 11.3 Å². The van der Waals surface area contributed by atoms with Gasteiger partial charge in [0, 0.05) is 10.4 Å². The number of aryl methyl sites for hydroxylation is 2. The van der Waals surface area contributed by atoms with E-state index in [1.165, 1.54) is 22.5 Å². The standard InChI is InChI=1S/C17H20O3S/c1-10(2)15-6-5-14(7-11(15)3)20-9-13-8-16(17(18)19)21-12(13)4/h5-8,10H,9H2,1-4H3,(H,18,19). The molecule has 0 saturated carbocycles. The zero-order valence-electron chi connectivity index (χ0n) is 12.8. The molecular weight excluding hydrogens is 284 g/mol. The van der Waals surface area contributed by atoms with Crippen molar-refractivity contribution in [2.45, 2.75) is 40.2 Å². The van der Waals surface area contributed by atoms with Gasteiger partial charge in [-0.2, -0.15) is 0 Å². The van der Waals surface area contributed by atoms with Crippen LogP contribution in [0.5, 0.6) is 5.75 Å². The topological polar surface area (TPSA) is 46.5 Å². The van der Waals surface area contributed by atoms with Crippen LogP contribution in [0.1, 0.15) is 51.0 Å². The summed E-state index contributed by atoms with van der Waals surface area (Å²) in [5.41, 5.74) is 3.47. The molecule has 0 spiro atoms. The molecule has 0 unspecified atom stereocenters. The first-order chi connectivity index (χ1) is 9.88. The molecule has 3 nitrogen and oxygen atoms in total. The highest BCUT2D eigenvalue weighted by molar-refractivity contribution is 7.14. The van der Waals surface area contributed by atoms with E-state index in [0.717, 1.165) is 16.2 Å². The van der Waals surface area contributed by atoms with Gasteiger partial charge in [-0.1, -0.05) is 19.9 Å². The molecule has 1 N–H and O–H groups in total. The third kappa shape index (κ3) is 3.64. The number of rotatable bonds is 5. The maximum atomic E-state index is 11.0. The minimum Gasteiger partial charge on any atom is -0.489 e. The second-order valence-electron chi connectivity index (χ2n) is 5.46. The first-order valence-electron chi connectivity index (χ1n) is 6.94. The molecule has 1 heterocycles. The highest BCUT2D eigenvalue weighted by Gasteiger charge is 2.12. The van der Waals surface area contributed by atoms with Crippen molar-refractivity contribution in [1.29, 1.82) is 0 Å². The Morgan fingerprint density at radius 1 is 1.29 bits per heavy atom. The minimum atomic E-state index is -0.883. The van der Waals surface area contributed by atoms with Gasteiger partial charge in [0.25, 0.3) is 0 Å². The molecule has 0 bridgehead atoms. The summed E-state index contributed by atoms with van der Waals surface area (Å²) in [6.07, 6.45) is 0. The summed E-state index contributed by atoms with van der Waals surface area (Å²) in [5, 5.41) is 9.00. The number of carboxylic acid groups (broad SMARTS) is 1. The van der Waals surface area contributed by atoms with Crippen molar-refractivity contribution in [3.8, 4) is 5.75 Å². The van der Waals surface area contributed by atoms with Gasteiger partial charge < -0.3 is 9.84 Å². The lowest BCUT2D eigenvalue weighted by molar-refractivity contribution is 0.0702. The number of thiophene rings is 1. The predicted octanol–water partition coefficient (Wildman–Crippen LogP) is 4.77. The van der Waals surface area contributed by atoms with Crippen LogP contribution in [0.4, 0.5) is 0 Å². The Balaban J connectivity index is 2.10. The summed E-state index contributed by atoms with van der Waals surface area (Å²) in [6.45, 7) is 8.75. The number of carboxylic acids is 1. The second-order valence-corrected chi connectivity index (χ2v) is 6.72. The largest absolute Gasteiger partial charge is 0.489 e. The number of aromatic carboxylic acids is 1. The average molecular weight is 304 g/mol. The molecule has 1 aromatic carbocycles. The Hall–Kier alpha value is -1.81. The zero-order chi connectivity index (χ0) is 15.6. The van der Waals surface area contributed by atoms with E-state index in [0.29, 0.717) is 17.4 Å². The van der Waals surface area contributed by atoms with E-state index in [2.05, 4.69) is 26.8 Å². The van der Waals surface area contributed by atoms with Crippen LogP contribution < -0.4 is 4.74 Å². The van der Waals surface area contributed by atoms with Crippen molar-refractivity contribution in [3.05, 3.63) is 50.7 Å². The molecule has 4 heteroatoms. The SMILES string of the molecule is Cc1cc(OCc2cc(C(=O)O)sc2C)ccc1C(C)C. The maximum absolute atomic E-state index is 11.0. The molecule has 0 radical (unpaired) electrons. The molecule has 21 heavy (non-hydrogen) atoms. The van der Waals surface area contributed by atoms with Crippen LogP contribution >= 0.6 is 11.3 Å². The van der Waals surface area contributed by atoms with Crippen molar-refractivity contribution < 1.29 is 14.6 Å². The fourth-order valence-electron chi connectivity index (χ4n) is 2.32. The summed E-state index contributed by atoms with van der Waals surface area (Å²) in [7, 11) is 0. The Labute approximate surface area is 129 Å². The zero-order valence-corrected chi connectivity index (χ0v) is 13.6. The van der Waals surface area contributed by atoms with Crippen LogP contribution in [-0.2, 0) is 6.61 Å². The monoisotopic (exact) mass is 304 g/mol. The quantitative estimate of drug-likeness (QED) is 0.865.